The molecule has 0 bridgehead atoms. The molecule has 1 aromatic carbocycles. The van der Waals surface area contributed by atoms with Gasteiger partial charge in [-0.25, -0.2) is 0 Å². The standard InChI is InChI=1S/C14H16ClN3O3S/c15-11-7-12(18-8-9-2-1-5-21-9)10(6-13(11)22-16)14(20)17-3-4-19/h1-2,5-7,18-19H,3-4,8,16H2,(H,17,20). The second kappa shape index (κ2) is 8.09. The fourth-order valence-electron chi connectivity index (χ4n) is 1.84. The van der Waals surface area contributed by atoms with Crippen molar-refractivity contribution in [1.29, 1.82) is 0 Å². The Bertz CT molecular complexity index is 635. The predicted molar refractivity (Wildman–Crippen MR) is 87.0 cm³/mol. The average Bonchev–Trinajstić information content (AvgIpc) is 3.04. The van der Waals surface area contributed by atoms with E-state index in [9.17, 15) is 4.79 Å². The van der Waals surface area contributed by atoms with Crippen LogP contribution in [-0.2, 0) is 6.54 Å². The Kier molecular flexibility index (Phi) is 6.14. The van der Waals surface area contributed by atoms with E-state index in [-0.39, 0.29) is 19.1 Å². The van der Waals surface area contributed by atoms with E-state index in [1.54, 1.807) is 24.5 Å². The minimum Gasteiger partial charge on any atom is -0.467 e. The molecule has 0 aliphatic rings. The summed E-state index contributed by atoms with van der Waals surface area (Å²) in [5.41, 5.74) is 0.965. The number of nitrogens with one attached hydrogen (secondary N) is 2. The van der Waals surface area contributed by atoms with Crippen LogP contribution in [0.5, 0.6) is 0 Å². The minimum atomic E-state index is -0.317. The molecule has 1 amide bonds. The molecule has 22 heavy (non-hydrogen) atoms. The molecule has 0 spiro atoms. The maximum Gasteiger partial charge on any atom is 0.253 e. The number of aliphatic hydroxyl groups excluding tert-OH is 1. The summed E-state index contributed by atoms with van der Waals surface area (Å²) in [5, 5.41) is 20.5. The van der Waals surface area contributed by atoms with E-state index in [0.29, 0.717) is 27.7 Å². The molecule has 6 nitrogen and oxygen atoms in total. The molecule has 0 aliphatic carbocycles. The van der Waals surface area contributed by atoms with Crippen molar-refractivity contribution in [1.82, 2.24) is 5.32 Å². The van der Waals surface area contributed by atoms with Gasteiger partial charge in [0, 0.05) is 17.1 Å². The lowest BCUT2D eigenvalue weighted by Crippen LogP contribution is -2.27. The highest BCUT2D eigenvalue weighted by molar-refractivity contribution is 7.97. The summed E-state index contributed by atoms with van der Waals surface area (Å²) in [6.07, 6.45) is 1.58. The van der Waals surface area contributed by atoms with Crippen LogP contribution >= 0.6 is 23.5 Å². The quantitative estimate of drug-likeness (QED) is 0.576. The number of hydrogen-bond donors (Lipinski definition) is 4. The number of aliphatic hydroxyl groups is 1. The fraction of sp³-hybridized carbons (Fsp3) is 0.214. The third kappa shape index (κ3) is 4.17. The highest BCUT2D eigenvalue weighted by atomic mass is 35.5. The zero-order chi connectivity index (χ0) is 15.9. The molecule has 0 atom stereocenters. The lowest BCUT2D eigenvalue weighted by molar-refractivity contribution is 0.0945. The molecule has 0 aliphatic heterocycles. The highest BCUT2D eigenvalue weighted by Crippen LogP contribution is 2.30. The molecule has 0 saturated carbocycles. The van der Waals surface area contributed by atoms with Crippen molar-refractivity contribution >= 4 is 35.1 Å². The number of furan rings is 1. The van der Waals surface area contributed by atoms with Crippen molar-refractivity contribution in [2.75, 3.05) is 18.5 Å². The van der Waals surface area contributed by atoms with Gasteiger partial charge in [-0.3, -0.25) is 9.93 Å². The summed E-state index contributed by atoms with van der Waals surface area (Å²) in [4.78, 5) is 12.8. The predicted octanol–water partition coefficient (Wildman–Crippen LogP) is 2.23. The summed E-state index contributed by atoms with van der Waals surface area (Å²) < 4.78 is 5.24. The van der Waals surface area contributed by atoms with Crippen LogP contribution in [0.1, 0.15) is 16.1 Å². The molecule has 0 unspecified atom stereocenters. The molecular weight excluding hydrogens is 326 g/mol. The minimum absolute atomic E-state index is 0.132. The molecule has 5 N–H and O–H groups in total. The zero-order valence-electron chi connectivity index (χ0n) is 11.6. The van der Waals surface area contributed by atoms with E-state index in [2.05, 4.69) is 10.6 Å². The third-order valence-corrected chi connectivity index (χ3v) is 3.89. The average molecular weight is 342 g/mol. The van der Waals surface area contributed by atoms with Crippen LogP contribution in [-0.4, -0.2) is 24.2 Å². The maximum atomic E-state index is 12.2. The first-order chi connectivity index (χ1) is 10.7. The summed E-state index contributed by atoms with van der Waals surface area (Å²) in [6.45, 7) is 0.454. The molecule has 2 rings (SSSR count). The smallest absolute Gasteiger partial charge is 0.253 e. The van der Waals surface area contributed by atoms with E-state index in [0.717, 1.165) is 17.7 Å². The van der Waals surface area contributed by atoms with Gasteiger partial charge in [-0.1, -0.05) is 11.6 Å². The Morgan fingerprint density at radius 3 is 2.91 bits per heavy atom. The van der Waals surface area contributed by atoms with Crippen molar-refractivity contribution in [2.24, 2.45) is 5.14 Å². The molecule has 0 fully saturated rings. The largest absolute Gasteiger partial charge is 0.467 e. The number of carbonyl (C=O) groups is 1. The van der Waals surface area contributed by atoms with Crippen molar-refractivity contribution in [2.45, 2.75) is 11.4 Å². The van der Waals surface area contributed by atoms with Gasteiger partial charge in [-0.05, 0) is 36.2 Å². The van der Waals surface area contributed by atoms with Crippen molar-refractivity contribution in [3.8, 4) is 0 Å². The van der Waals surface area contributed by atoms with Crippen LogP contribution in [0.4, 0.5) is 5.69 Å². The molecule has 8 heteroatoms. The number of amides is 1. The van der Waals surface area contributed by atoms with Gasteiger partial charge in [0.2, 0.25) is 0 Å². The van der Waals surface area contributed by atoms with Crippen LogP contribution in [0.3, 0.4) is 0 Å². The van der Waals surface area contributed by atoms with Crippen molar-refractivity contribution in [3.05, 3.63) is 46.9 Å². The Morgan fingerprint density at radius 1 is 1.45 bits per heavy atom. The second-order valence-corrected chi connectivity index (χ2v) is 5.44. The summed E-state index contributed by atoms with van der Waals surface area (Å²) in [7, 11) is 0. The van der Waals surface area contributed by atoms with Gasteiger partial charge < -0.3 is 20.2 Å². The molecule has 118 valence electrons. The van der Waals surface area contributed by atoms with Gasteiger partial charge in [0.15, 0.2) is 0 Å². The van der Waals surface area contributed by atoms with Crippen LogP contribution in [0.25, 0.3) is 0 Å². The lowest BCUT2D eigenvalue weighted by Gasteiger charge is -2.14. The van der Waals surface area contributed by atoms with Crippen LogP contribution in [0, 0.1) is 0 Å². The summed E-state index contributed by atoms with van der Waals surface area (Å²) >= 11 is 7.10. The Morgan fingerprint density at radius 2 is 2.27 bits per heavy atom. The first kappa shape index (κ1) is 16.7. The first-order valence-electron chi connectivity index (χ1n) is 6.51. The number of nitrogens with two attached hydrogens (primary N) is 1. The molecule has 1 aromatic heterocycles. The van der Waals surface area contributed by atoms with Crippen LogP contribution < -0.4 is 15.8 Å². The highest BCUT2D eigenvalue weighted by Gasteiger charge is 2.15. The SMILES string of the molecule is NSc1cc(C(=O)NCCO)c(NCc2ccco2)cc1Cl. The van der Waals surface area contributed by atoms with Gasteiger partial charge in [-0.15, -0.1) is 0 Å². The molecule has 2 aromatic rings. The van der Waals surface area contributed by atoms with Crippen molar-refractivity contribution in [3.63, 3.8) is 0 Å². The second-order valence-electron chi connectivity index (χ2n) is 4.36. The Balaban J connectivity index is 2.24. The van der Waals surface area contributed by atoms with Crippen LogP contribution in [0.2, 0.25) is 5.02 Å². The molecule has 0 saturated heterocycles. The first-order valence-corrected chi connectivity index (χ1v) is 7.77. The van der Waals surface area contributed by atoms with Crippen LogP contribution in [0.15, 0.2) is 39.8 Å². The van der Waals surface area contributed by atoms with Gasteiger partial charge >= 0.3 is 0 Å². The van der Waals surface area contributed by atoms with E-state index in [4.69, 9.17) is 26.3 Å². The maximum absolute atomic E-state index is 12.2. The monoisotopic (exact) mass is 341 g/mol. The fourth-order valence-corrected chi connectivity index (χ4v) is 2.49. The number of halogens is 1. The van der Waals surface area contributed by atoms with Gasteiger partial charge in [0.25, 0.3) is 5.91 Å². The van der Waals surface area contributed by atoms with Gasteiger partial charge in [0.1, 0.15) is 5.76 Å². The van der Waals surface area contributed by atoms with Gasteiger partial charge in [0.05, 0.1) is 30.0 Å². The number of rotatable bonds is 7. The Hall–Kier alpha value is -1.67. The van der Waals surface area contributed by atoms with E-state index < -0.39 is 0 Å². The molecular formula is C14H16ClN3O3S. The summed E-state index contributed by atoms with van der Waals surface area (Å²) in [6, 6.07) is 6.87. The third-order valence-electron chi connectivity index (χ3n) is 2.87. The number of hydrogen-bond acceptors (Lipinski definition) is 6. The van der Waals surface area contributed by atoms with Gasteiger partial charge in [-0.2, -0.15) is 0 Å². The summed E-state index contributed by atoms with van der Waals surface area (Å²) in [5.74, 6) is 0.415. The van der Waals surface area contributed by atoms with E-state index in [1.165, 1.54) is 0 Å². The van der Waals surface area contributed by atoms with E-state index in [1.807, 2.05) is 6.07 Å². The topological polar surface area (TPSA) is 101 Å². The molecule has 0 radical (unpaired) electrons. The number of anilines is 1. The number of benzene rings is 1. The number of carbonyl (C=O) groups excluding carboxylic acids is 1. The van der Waals surface area contributed by atoms with E-state index >= 15 is 0 Å². The van der Waals surface area contributed by atoms with Crippen molar-refractivity contribution < 1.29 is 14.3 Å². The molecule has 1 heterocycles. The lowest BCUT2D eigenvalue weighted by atomic mass is 10.1. The zero-order valence-corrected chi connectivity index (χ0v) is 13.2. The Labute approximate surface area is 137 Å². The normalized spacial score (nSPS) is 10.5.